The van der Waals surface area contributed by atoms with Crippen LogP contribution < -0.4 is 11.4 Å². The predicted molar refractivity (Wildman–Crippen MR) is 86.1 cm³/mol. The summed E-state index contributed by atoms with van der Waals surface area (Å²) in [6.07, 6.45) is 0. The van der Waals surface area contributed by atoms with E-state index in [4.69, 9.17) is 17.0 Å². The van der Waals surface area contributed by atoms with Crippen LogP contribution in [0.15, 0.2) is 44.9 Å². The minimum Gasteiger partial charge on any atom is -0.487 e. The fourth-order valence-corrected chi connectivity index (χ4v) is 2.77. The predicted octanol–water partition coefficient (Wildman–Crippen LogP) is 0.727. The van der Waals surface area contributed by atoms with Gasteiger partial charge in [-0.3, -0.25) is 0 Å². The van der Waals surface area contributed by atoms with E-state index in [0.717, 1.165) is 4.57 Å². The molecule has 1 atom stereocenters. The molecule has 0 fully saturated rings. The summed E-state index contributed by atoms with van der Waals surface area (Å²) in [4.78, 5) is 29.8. The van der Waals surface area contributed by atoms with Gasteiger partial charge in [-0.2, -0.15) is 9.36 Å². The van der Waals surface area contributed by atoms with Crippen LogP contribution in [0.5, 0.6) is 0 Å². The molecule has 1 aliphatic rings. The molecule has 0 N–H and O–H groups in total. The van der Waals surface area contributed by atoms with E-state index < -0.39 is 17.0 Å². The lowest BCUT2D eigenvalue weighted by molar-refractivity contribution is 0.308. The largest absolute Gasteiger partial charge is 0.487 e. The molecule has 0 saturated heterocycles. The summed E-state index contributed by atoms with van der Waals surface area (Å²) in [6.45, 7) is 3.29. The maximum Gasteiger partial charge on any atom is 0.357 e. The van der Waals surface area contributed by atoms with Crippen LogP contribution in [0.1, 0.15) is 13.8 Å². The maximum atomic E-state index is 12.8. The number of fused-ring (bicyclic) bond motifs is 1. The summed E-state index contributed by atoms with van der Waals surface area (Å²) < 4.78 is 8.63. The average molecular weight is 318 g/mol. The van der Waals surface area contributed by atoms with Gasteiger partial charge >= 0.3 is 11.4 Å². The van der Waals surface area contributed by atoms with Crippen LogP contribution in [0, 0.1) is 0 Å². The Morgan fingerprint density at radius 1 is 1.23 bits per heavy atom. The molecule has 114 valence electrons. The van der Waals surface area contributed by atoms with Crippen molar-refractivity contribution < 1.29 is 4.74 Å². The number of rotatable bonds is 2. The minimum absolute atomic E-state index is 0.116. The number of ether oxygens (including phenoxy) is 1. The SMILES string of the molecule is COC(=S)C1(C)N=C(C)n2c(=O)n(-c3ccccc3)c(=O)n21. The third-order valence-electron chi connectivity index (χ3n) is 3.63. The third kappa shape index (κ3) is 1.73. The number of thiocarbonyl (C=S) groups is 1. The molecule has 1 aromatic carbocycles. The van der Waals surface area contributed by atoms with Crippen LogP contribution in [-0.4, -0.2) is 31.9 Å². The van der Waals surface area contributed by atoms with E-state index in [1.807, 2.05) is 6.07 Å². The van der Waals surface area contributed by atoms with E-state index >= 15 is 0 Å². The van der Waals surface area contributed by atoms with Crippen LogP contribution in [0.2, 0.25) is 0 Å². The monoisotopic (exact) mass is 318 g/mol. The van der Waals surface area contributed by atoms with Crippen molar-refractivity contribution in [1.29, 1.82) is 0 Å². The first-order valence-electron chi connectivity index (χ1n) is 6.60. The highest BCUT2D eigenvalue weighted by Crippen LogP contribution is 2.24. The van der Waals surface area contributed by atoms with E-state index in [1.54, 1.807) is 38.1 Å². The first-order valence-corrected chi connectivity index (χ1v) is 7.01. The van der Waals surface area contributed by atoms with E-state index in [9.17, 15) is 9.59 Å². The molecule has 1 unspecified atom stereocenters. The Balaban J connectivity index is 2.36. The lowest BCUT2D eigenvalue weighted by Crippen LogP contribution is -2.43. The molecular formula is C14H14N4O3S. The molecule has 0 saturated carbocycles. The summed E-state index contributed by atoms with van der Waals surface area (Å²) in [5.41, 5.74) is -1.73. The zero-order chi connectivity index (χ0) is 16.1. The van der Waals surface area contributed by atoms with Gasteiger partial charge in [0.2, 0.25) is 10.7 Å². The van der Waals surface area contributed by atoms with Crippen molar-refractivity contribution in [1.82, 2.24) is 13.9 Å². The standard InChI is InChI=1S/C14H14N4O3S/c1-9-15-14(2,11(22)21-3)18-13(20)16(12(19)17(9)18)10-7-5-4-6-8-10/h4-8H,1-3H3. The molecule has 0 amide bonds. The van der Waals surface area contributed by atoms with Crippen molar-refractivity contribution in [2.45, 2.75) is 19.5 Å². The second kappa shape index (κ2) is 4.77. The first kappa shape index (κ1) is 14.5. The van der Waals surface area contributed by atoms with Gasteiger partial charge in [-0.25, -0.2) is 19.1 Å². The number of benzene rings is 1. The summed E-state index contributed by atoms with van der Waals surface area (Å²) >= 11 is 5.17. The number of para-hydroxylation sites is 1. The number of nitrogens with zero attached hydrogens (tertiary/aromatic N) is 4. The summed E-state index contributed by atoms with van der Waals surface area (Å²) in [5.74, 6) is 0.388. The van der Waals surface area contributed by atoms with E-state index in [2.05, 4.69) is 4.99 Å². The molecular weight excluding hydrogens is 304 g/mol. The van der Waals surface area contributed by atoms with Crippen LogP contribution in [0.25, 0.3) is 5.69 Å². The van der Waals surface area contributed by atoms with Crippen molar-refractivity contribution in [3.63, 3.8) is 0 Å². The highest BCUT2D eigenvalue weighted by atomic mass is 32.1. The van der Waals surface area contributed by atoms with Gasteiger partial charge in [-0.05, 0) is 38.2 Å². The zero-order valence-corrected chi connectivity index (χ0v) is 13.1. The van der Waals surface area contributed by atoms with E-state index in [-0.39, 0.29) is 5.05 Å². The Bertz CT molecular complexity index is 906. The Labute approximate surface area is 131 Å². The summed E-state index contributed by atoms with van der Waals surface area (Å²) in [5, 5.41) is 0.116. The lowest BCUT2D eigenvalue weighted by atomic mass is 10.2. The number of hydrogen-bond acceptors (Lipinski definition) is 5. The third-order valence-corrected chi connectivity index (χ3v) is 4.18. The topological polar surface area (TPSA) is 70.5 Å². The van der Waals surface area contributed by atoms with Gasteiger partial charge in [-0.1, -0.05) is 18.2 Å². The van der Waals surface area contributed by atoms with Gasteiger partial charge in [0.05, 0.1) is 12.8 Å². The fourth-order valence-electron chi connectivity index (χ4n) is 2.64. The van der Waals surface area contributed by atoms with Gasteiger partial charge in [0.25, 0.3) is 0 Å². The van der Waals surface area contributed by atoms with Gasteiger partial charge in [0.15, 0.2) is 0 Å². The van der Waals surface area contributed by atoms with Crippen molar-refractivity contribution in [3.05, 3.63) is 51.3 Å². The average Bonchev–Trinajstić information content (AvgIpc) is 2.94. The molecule has 3 rings (SSSR count). The van der Waals surface area contributed by atoms with Crippen LogP contribution in [0.4, 0.5) is 0 Å². The van der Waals surface area contributed by atoms with Crippen LogP contribution in [-0.2, 0) is 10.4 Å². The van der Waals surface area contributed by atoms with Gasteiger partial charge in [0.1, 0.15) is 5.84 Å². The molecule has 0 radical (unpaired) electrons. The van der Waals surface area contributed by atoms with Crippen molar-refractivity contribution in [2.75, 3.05) is 7.11 Å². The molecule has 0 bridgehead atoms. The van der Waals surface area contributed by atoms with Gasteiger partial charge < -0.3 is 4.74 Å². The molecule has 1 aliphatic heterocycles. The first-order chi connectivity index (χ1) is 10.4. The Hall–Kier alpha value is -2.48. The summed E-state index contributed by atoms with van der Waals surface area (Å²) in [7, 11) is 1.42. The van der Waals surface area contributed by atoms with Crippen LogP contribution >= 0.6 is 12.2 Å². The van der Waals surface area contributed by atoms with Crippen LogP contribution in [0.3, 0.4) is 0 Å². The second-order valence-electron chi connectivity index (χ2n) is 5.03. The van der Waals surface area contributed by atoms with Crippen molar-refractivity contribution in [3.8, 4) is 5.69 Å². The maximum absolute atomic E-state index is 12.8. The summed E-state index contributed by atoms with van der Waals surface area (Å²) in [6, 6.07) is 8.71. The van der Waals surface area contributed by atoms with E-state index in [1.165, 1.54) is 16.5 Å². The molecule has 8 heteroatoms. The van der Waals surface area contributed by atoms with Gasteiger partial charge in [0, 0.05) is 0 Å². The fraction of sp³-hybridized carbons (Fsp3) is 0.286. The molecule has 0 aliphatic carbocycles. The Kier molecular flexibility index (Phi) is 3.13. The molecule has 2 heterocycles. The smallest absolute Gasteiger partial charge is 0.357 e. The lowest BCUT2D eigenvalue weighted by Gasteiger charge is -2.21. The quantitative estimate of drug-likeness (QED) is 0.765. The molecule has 0 spiro atoms. The highest BCUT2D eigenvalue weighted by Gasteiger charge is 2.43. The Morgan fingerprint density at radius 2 is 1.86 bits per heavy atom. The number of methoxy groups -OCH3 is 1. The molecule has 7 nitrogen and oxygen atoms in total. The van der Waals surface area contributed by atoms with Gasteiger partial charge in [-0.15, -0.1) is 0 Å². The number of hydrogen-bond donors (Lipinski definition) is 0. The molecule has 2 aromatic rings. The minimum atomic E-state index is -1.22. The Morgan fingerprint density at radius 3 is 2.45 bits per heavy atom. The molecule has 22 heavy (non-hydrogen) atoms. The zero-order valence-electron chi connectivity index (χ0n) is 12.3. The highest BCUT2D eigenvalue weighted by molar-refractivity contribution is 7.80. The van der Waals surface area contributed by atoms with E-state index in [0.29, 0.717) is 11.5 Å². The molecule has 1 aromatic heterocycles. The second-order valence-corrected chi connectivity index (χ2v) is 5.40. The number of aliphatic imine (C=N–C) groups is 1. The van der Waals surface area contributed by atoms with Crippen molar-refractivity contribution >= 4 is 23.1 Å². The number of aromatic nitrogens is 3. The normalized spacial score (nSPS) is 19.7. The van der Waals surface area contributed by atoms with Crippen molar-refractivity contribution in [2.24, 2.45) is 4.99 Å².